The van der Waals surface area contributed by atoms with Crippen molar-refractivity contribution in [2.24, 2.45) is 5.10 Å². The summed E-state index contributed by atoms with van der Waals surface area (Å²) in [5.41, 5.74) is 6.76. The third kappa shape index (κ3) is 4.59. The standard InChI is InChI=1S/C25H22N4O4/c1-17-23(15-26-27-25(30)19-8-10-20(11-9-19)29(31)32)22-14-21(33-2)12-13-24(22)28(17)16-18-6-4-3-5-7-18/h3-15H,16H2,1-2H3,(H,27,30). The second kappa shape index (κ2) is 9.35. The molecule has 1 heterocycles. The molecular formula is C25H22N4O4. The second-order valence-corrected chi connectivity index (χ2v) is 7.46. The van der Waals surface area contributed by atoms with E-state index in [1.54, 1.807) is 13.3 Å². The monoisotopic (exact) mass is 442 g/mol. The lowest BCUT2D eigenvalue weighted by molar-refractivity contribution is -0.384. The van der Waals surface area contributed by atoms with Crippen molar-refractivity contribution < 1.29 is 14.5 Å². The number of hydrazone groups is 1. The van der Waals surface area contributed by atoms with Crippen LogP contribution in [0, 0.1) is 17.0 Å². The van der Waals surface area contributed by atoms with Gasteiger partial charge in [0.05, 0.1) is 18.2 Å². The predicted octanol–water partition coefficient (Wildman–Crippen LogP) is 4.68. The highest BCUT2D eigenvalue weighted by molar-refractivity contribution is 6.02. The van der Waals surface area contributed by atoms with Crippen molar-refractivity contribution in [3.63, 3.8) is 0 Å². The van der Waals surface area contributed by atoms with E-state index < -0.39 is 10.8 Å². The Balaban J connectivity index is 1.63. The van der Waals surface area contributed by atoms with Crippen LogP contribution in [0.5, 0.6) is 5.75 Å². The first-order chi connectivity index (χ1) is 16.0. The number of non-ortho nitro benzene ring substituents is 1. The summed E-state index contributed by atoms with van der Waals surface area (Å²) in [5.74, 6) is 0.272. The summed E-state index contributed by atoms with van der Waals surface area (Å²) in [6, 6.07) is 21.4. The summed E-state index contributed by atoms with van der Waals surface area (Å²) in [4.78, 5) is 22.7. The van der Waals surface area contributed by atoms with E-state index in [-0.39, 0.29) is 11.3 Å². The summed E-state index contributed by atoms with van der Waals surface area (Å²) < 4.78 is 7.60. The SMILES string of the molecule is COc1ccc2c(c1)c(C=NNC(=O)c1ccc([N+](=O)[O-])cc1)c(C)n2Cc1ccccc1. The van der Waals surface area contributed by atoms with Crippen LogP contribution in [0.4, 0.5) is 5.69 Å². The lowest BCUT2D eigenvalue weighted by Crippen LogP contribution is -2.17. The number of rotatable bonds is 7. The Morgan fingerprint density at radius 2 is 1.85 bits per heavy atom. The first-order valence-electron chi connectivity index (χ1n) is 10.3. The number of hydrogen-bond donors (Lipinski definition) is 1. The molecule has 0 aliphatic carbocycles. The van der Waals surface area contributed by atoms with Gasteiger partial charge in [0, 0.05) is 46.4 Å². The Morgan fingerprint density at radius 1 is 1.12 bits per heavy atom. The molecule has 1 aromatic heterocycles. The molecular weight excluding hydrogens is 420 g/mol. The average Bonchev–Trinajstić information content (AvgIpc) is 3.09. The number of ether oxygens (including phenoxy) is 1. The highest BCUT2D eigenvalue weighted by Crippen LogP contribution is 2.29. The van der Waals surface area contributed by atoms with Crippen molar-refractivity contribution in [2.75, 3.05) is 7.11 Å². The number of nitro groups is 1. The Bertz CT molecular complexity index is 1340. The van der Waals surface area contributed by atoms with Crippen LogP contribution in [0.25, 0.3) is 10.9 Å². The molecule has 0 aliphatic heterocycles. The molecule has 0 fully saturated rings. The first-order valence-corrected chi connectivity index (χ1v) is 10.3. The fraction of sp³-hybridized carbons (Fsp3) is 0.120. The zero-order valence-corrected chi connectivity index (χ0v) is 18.2. The third-order valence-electron chi connectivity index (χ3n) is 5.46. The number of hydrogen-bond acceptors (Lipinski definition) is 5. The van der Waals surface area contributed by atoms with Crippen molar-refractivity contribution in [1.29, 1.82) is 0 Å². The molecule has 0 saturated carbocycles. The van der Waals surface area contributed by atoms with Gasteiger partial charge in [-0.05, 0) is 42.8 Å². The van der Waals surface area contributed by atoms with E-state index in [1.807, 2.05) is 43.3 Å². The summed E-state index contributed by atoms with van der Waals surface area (Å²) in [6.45, 7) is 2.70. The van der Waals surface area contributed by atoms with E-state index in [0.717, 1.165) is 27.9 Å². The minimum Gasteiger partial charge on any atom is -0.497 e. The van der Waals surface area contributed by atoms with Gasteiger partial charge in [-0.2, -0.15) is 5.10 Å². The molecule has 8 nitrogen and oxygen atoms in total. The number of carbonyl (C=O) groups is 1. The maximum absolute atomic E-state index is 12.4. The fourth-order valence-corrected chi connectivity index (χ4v) is 3.70. The van der Waals surface area contributed by atoms with E-state index in [9.17, 15) is 14.9 Å². The summed E-state index contributed by atoms with van der Waals surface area (Å²) >= 11 is 0. The van der Waals surface area contributed by atoms with Crippen molar-refractivity contribution in [3.05, 3.63) is 105 Å². The third-order valence-corrected chi connectivity index (χ3v) is 5.46. The molecule has 8 heteroatoms. The van der Waals surface area contributed by atoms with E-state index in [4.69, 9.17) is 4.74 Å². The Labute approximate surface area is 190 Å². The minimum absolute atomic E-state index is 0.0779. The van der Waals surface area contributed by atoms with Gasteiger partial charge >= 0.3 is 0 Å². The Kier molecular flexibility index (Phi) is 6.17. The number of nitrogens with zero attached hydrogens (tertiary/aromatic N) is 3. The number of fused-ring (bicyclic) bond motifs is 1. The van der Waals surface area contributed by atoms with Crippen LogP contribution in [-0.2, 0) is 6.54 Å². The summed E-state index contributed by atoms with van der Waals surface area (Å²) in [5, 5.41) is 15.9. The molecule has 0 atom stereocenters. The number of benzene rings is 3. The van der Waals surface area contributed by atoms with Crippen LogP contribution < -0.4 is 10.2 Å². The van der Waals surface area contributed by atoms with Gasteiger partial charge in [0.2, 0.25) is 0 Å². The number of aromatic nitrogens is 1. The molecule has 0 bridgehead atoms. The number of nitro benzene ring substituents is 1. The van der Waals surface area contributed by atoms with E-state index in [0.29, 0.717) is 6.54 Å². The topological polar surface area (TPSA) is 98.8 Å². The molecule has 4 aromatic rings. The quantitative estimate of drug-likeness (QED) is 0.255. The number of amides is 1. The lowest BCUT2D eigenvalue weighted by Gasteiger charge is -2.09. The molecule has 1 amide bonds. The minimum atomic E-state index is -0.512. The van der Waals surface area contributed by atoms with E-state index in [2.05, 4.69) is 27.2 Å². The zero-order chi connectivity index (χ0) is 23.4. The first kappa shape index (κ1) is 21.8. The van der Waals surface area contributed by atoms with Crippen LogP contribution in [-0.4, -0.2) is 28.7 Å². The fourth-order valence-electron chi connectivity index (χ4n) is 3.70. The van der Waals surface area contributed by atoms with Crippen LogP contribution in [0.3, 0.4) is 0 Å². The van der Waals surface area contributed by atoms with E-state index in [1.165, 1.54) is 29.8 Å². The normalized spacial score (nSPS) is 11.1. The molecule has 1 N–H and O–H groups in total. The van der Waals surface area contributed by atoms with Crippen LogP contribution in [0.15, 0.2) is 77.9 Å². The molecule has 3 aromatic carbocycles. The van der Waals surface area contributed by atoms with Gasteiger partial charge < -0.3 is 9.30 Å². The Morgan fingerprint density at radius 3 is 2.52 bits per heavy atom. The highest BCUT2D eigenvalue weighted by atomic mass is 16.6. The molecule has 4 rings (SSSR count). The highest BCUT2D eigenvalue weighted by Gasteiger charge is 2.15. The largest absolute Gasteiger partial charge is 0.497 e. The number of nitrogens with one attached hydrogen (secondary N) is 1. The van der Waals surface area contributed by atoms with E-state index >= 15 is 0 Å². The van der Waals surface area contributed by atoms with Gasteiger partial charge in [0.1, 0.15) is 5.75 Å². The molecule has 33 heavy (non-hydrogen) atoms. The molecule has 0 unspecified atom stereocenters. The molecule has 166 valence electrons. The predicted molar refractivity (Wildman–Crippen MR) is 127 cm³/mol. The van der Waals surface area contributed by atoms with Gasteiger partial charge in [-0.1, -0.05) is 30.3 Å². The van der Waals surface area contributed by atoms with Crippen molar-refractivity contribution in [3.8, 4) is 5.75 Å². The molecule has 0 aliphatic rings. The summed E-state index contributed by atoms with van der Waals surface area (Å²) in [6.07, 6.45) is 1.61. The number of carbonyl (C=O) groups excluding carboxylic acids is 1. The zero-order valence-electron chi connectivity index (χ0n) is 18.2. The van der Waals surface area contributed by atoms with Gasteiger partial charge in [0.25, 0.3) is 11.6 Å². The Hall–Kier alpha value is -4.46. The molecule has 0 saturated heterocycles. The maximum Gasteiger partial charge on any atom is 0.271 e. The summed E-state index contributed by atoms with van der Waals surface area (Å²) in [7, 11) is 1.62. The van der Waals surface area contributed by atoms with Gasteiger partial charge in [-0.15, -0.1) is 0 Å². The van der Waals surface area contributed by atoms with Crippen LogP contribution in [0.2, 0.25) is 0 Å². The maximum atomic E-state index is 12.4. The number of methoxy groups -OCH3 is 1. The van der Waals surface area contributed by atoms with Gasteiger partial charge in [-0.25, -0.2) is 5.43 Å². The van der Waals surface area contributed by atoms with Crippen LogP contribution in [0.1, 0.15) is 27.2 Å². The van der Waals surface area contributed by atoms with Crippen molar-refractivity contribution >= 4 is 28.7 Å². The van der Waals surface area contributed by atoms with Gasteiger partial charge in [0.15, 0.2) is 0 Å². The van der Waals surface area contributed by atoms with Crippen LogP contribution >= 0.6 is 0 Å². The molecule has 0 spiro atoms. The van der Waals surface area contributed by atoms with Crippen molar-refractivity contribution in [2.45, 2.75) is 13.5 Å². The smallest absolute Gasteiger partial charge is 0.271 e. The lowest BCUT2D eigenvalue weighted by atomic mass is 10.1. The average molecular weight is 442 g/mol. The second-order valence-electron chi connectivity index (χ2n) is 7.46. The van der Waals surface area contributed by atoms with Gasteiger partial charge in [-0.3, -0.25) is 14.9 Å². The molecule has 0 radical (unpaired) electrons. The van der Waals surface area contributed by atoms with Crippen molar-refractivity contribution in [1.82, 2.24) is 9.99 Å².